The molecule has 4 heteroatoms. The van der Waals surface area contributed by atoms with E-state index in [0.717, 1.165) is 40.0 Å². The van der Waals surface area contributed by atoms with Gasteiger partial charge in [-0.15, -0.1) is 11.3 Å². The first kappa shape index (κ1) is 12.9. The number of benzene rings is 1. The van der Waals surface area contributed by atoms with E-state index in [4.69, 9.17) is 5.73 Å². The van der Waals surface area contributed by atoms with Gasteiger partial charge in [0.05, 0.1) is 4.88 Å². The van der Waals surface area contributed by atoms with Crippen LogP contribution < -0.4 is 5.73 Å². The Morgan fingerprint density at radius 1 is 1.39 bits per heavy atom. The molecule has 1 aromatic carbocycles. The van der Waals surface area contributed by atoms with E-state index >= 15 is 0 Å². The van der Waals surface area contributed by atoms with Crippen molar-refractivity contribution in [2.24, 2.45) is 0 Å². The van der Waals surface area contributed by atoms with Crippen molar-refractivity contribution in [3.63, 3.8) is 0 Å². The van der Waals surface area contributed by atoms with Crippen molar-refractivity contribution < 1.29 is 4.79 Å². The Labute approximate surface area is 111 Å². The molecule has 0 fully saturated rings. The van der Waals surface area contributed by atoms with Gasteiger partial charge in [-0.2, -0.15) is 0 Å². The number of thiophene rings is 1. The largest absolute Gasteiger partial charge is 0.399 e. The van der Waals surface area contributed by atoms with Crippen LogP contribution in [0.1, 0.15) is 29.4 Å². The number of nitrogen functional groups attached to an aromatic ring is 1. The second kappa shape index (κ2) is 5.40. The maximum Gasteiger partial charge on any atom is 0.263 e. The Morgan fingerprint density at radius 3 is 2.89 bits per heavy atom. The zero-order chi connectivity index (χ0) is 13.1. The molecule has 18 heavy (non-hydrogen) atoms. The van der Waals surface area contributed by atoms with Crippen LogP contribution in [-0.2, 0) is 0 Å². The number of unbranched alkanes of at least 4 members (excludes halogenated alkanes) is 1. The lowest BCUT2D eigenvalue weighted by atomic mass is 10.2. The zero-order valence-electron chi connectivity index (χ0n) is 10.8. The summed E-state index contributed by atoms with van der Waals surface area (Å²) >= 11 is 1.53. The standard InChI is InChI=1S/C14H18N2OS/c1-3-4-7-16(2)14(17)13-9-10-8-11(15)5-6-12(10)18-13/h5-6,8-9H,3-4,7,15H2,1-2H3. The summed E-state index contributed by atoms with van der Waals surface area (Å²) in [6.07, 6.45) is 2.14. The number of nitrogens with zero attached hydrogens (tertiary/aromatic N) is 1. The Bertz CT molecular complexity index is 562. The molecule has 1 heterocycles. The number of carbonyl (C=O) groups is 1. The van der Waals surface area contributed by atoms with Crippen LogP contribution >= 0.6 is 11.3 Å². The predicted molar refractivity (Wildman–Crippen MR) is 78.1 cm³/mol. The molecule has 2 aromatic rings. The highest BCUT2D eigenvalue weighted by molar-refractivity contribution is 7.20. The minimum Gasteiger partial charge on any atom is -0.399 e. The van der Waals surface area contributed by atoms with Gasteiger partial charge >= 0.3 is 0 Å². The number of rotatable bonds is 4. The van der Waals surface area contributed by atoms with Crippen LogP contribution in [-0.4, -0.2) is 24.4 Å². The molecule has 0 saturated carbocycles. The highest BCUT2D eigenvalue weighted by Crippen LogP contribution is 2.28. The Morgan fingerprint density at radius 2 is 2.17 bits per heavy atom. The average molecular weight is 262 g/mol. The molecule has 0 aliphatic rings. The number of hydrogen-bond donors (Lipinski definition) is 1. The van der Waals surface area contributed by atoms with E-state index in [1.165, 1.54) is 11.3 Å². The van der Waals surface area contributed by atoms with E-state index in [1.54, 1.807) is 4.90 Å². The van der Waals surface area contributed by atoms with Crippen molar-refractivity contribution in [1.82, 2.24) is 4.90 Å². The van der Waals surface area contributed by atoms with E-state index in [1.807, 2.05) is 31.3 Å². The molecule has 0 bridgehead atoms. The summed E-state index contributed by atoms with van der Waals surface area (Å²) in [5.41, 5.74) is 6.48. The lowest BCUT2D eigenvalue weighted by Crippen LogP contribution is -2.26. The second-order valence-corrected chi connectivity index (χ2v) is 5.57. The maximum absolute atomic E-state index is 12.2. The third kappa shape index (κ3) is 2.64. The summed E-state index contributed by atoms with van der Waals surface area (Å²) < 4.78 is 1.11. The molecule has 0 atom stereocenters. The van der Waals surface area contributed by atoms with Gasteiger partial charge in [0.1, 0.15) is 0 Å². The van der Waals surface area contributed by atoms with E-state index in [0.29, 0.717) is 0 Å². The summed E-state index contributed by atoms with van der Waals surface area (Å²) in [5.74, 6) is 0.100. The minimum absolute atomic E-state index is 0.100. The van der Waals surface area contributed by atoms with E-state index < -0.39 is 0 Å². The van der Waals surface area contributed by atoms with Crippen LogP contribution in [0.4, 0.5) is 5.69 Å². The van der Waals surface area contributed by atoms with Gasteiger partial charge in [0.25, 0.3) is 5.91 Å². The monoisotopic (exact) mass is 262 g/mol. The van der Waals surface area contributed by atoms with E-state index in [2.05, 4.69) is 6.92 Å². The molecule has 1 amide bonds. The SMILES string of the molecule is CCCCN(C)C(=O)c1cc2cc(N)ccc2s1. The van der Waals surface area contributed by atoms with Crippen LogP contribution in [0.15, 0.2) is 24.3 Å². The number of carbonyl (C=O) groups excluding carboxylic acids is 1. The van der Waals surface area contributed by atoms with Crippen molar-refractivity contribution in [2.75, 3.05) is 19.3 Å². The molecule has 2 N–H and O–H groups in total. The van der Waals surface area contributed by atoms with E-state index in [-0.39, 0.29) is 5.91 Å². The van der Waals surface area contributed by atoms with Gasteiger partial charge in [-0.1, -0.05) is 13.3 Å². The summed E-state index contributed by atoms with van der Waals surface area (Å²) in [6.45, 7) is 2.94. The summed E-state index contributed by atoms with van der Waals surface area (Å²) in [5, 5.41) is 1.05. The van der Waals surface area contributed by atoms with Crippen molar-refractivity contribution in [2.45, 2.75) is 19.8 Å². The predicted octanol–water partition coefficient (Wildman–Crippen LogP) is 3.36. The summed E-state index contributed by atoms with van der Waals surface area (Å²) in [6, 6.07) is 7.68. The summed E-state index contributed by atoms with van der Waals surface area (Å²) in [4.78, 5) is 14.8. The topological polar surface area (TPSA) is 46.3 Å². The second-order valence-electron chi connectivity index (χ2n) is 4.49. The van der Waals surface area contributed by atoms with Gasteiger partial charge in [0.2, 0.25) is 0 Å². The number of anilines is 1. The Balaban J connectivity index is 2.22. The minimum atomic E-state index is 0.100. The number of amides is 1. The van der Waals surface area contributed by atoms with Crippen LogP contribution in [0.2, 0.25) is 0 Å². The fourth-order valence-corrected chi connectivity index (χ4v) is 2.89. The van der Waals surface area contributed by atoms with Gasteiger partial charge in [-0.25, -0.2) is 0 Å². The molecule has 0 unspecified atom stereocenters. The lowest BCUT2D eigenvalue weighted by Gasteiger charge is -2.15. The molecule has 0 saturated heterocycles. The highest BCUT2D eigenvalue weighted by Gasteiger charge is 2.14. The average Bonchev–Trinajstić information content (AvgIpc) is 2.77. The number of fused-ring (bicyclic) bond motifs is 1. The van der Waals surface area contributed by atoms with Gasteiger partial charge in [0, 0.05) is 24.0 Å². The molecule has 96 valence electrons. The van der Waals surface area contributed by atoms with Crippen molar-refractivity contribution in [3.8, 4) is 0 Å². The number of nitrogens with two attached hydrogens (primary N) is 1. The van der Waals surface area contributed by atoms with E-state index in [9.17, 15) is 4.79 Å². The Kier molecular flexibility index (Phi) is 3.87. The molecule has 3 nitrogen and oxygen atoms in total. The van der Waals surface area contributed by atoms with Crippen molar-refractivity contribution >= 4 is 33.0 Å². The molecule has 0 aliphatic carbocycles. The third-order valence-electron chi connectivity index (χ3n) is 2.94. The van der Waals surface area contributed by atoms with Gasteiger partial charge in [0.15, 0.2) is 0 Å². The van der Waals surface area contributed by atoms with Crippen molar-refractivity contribution in [3.05, 3.63) is 29.1 Å². The molecule has 0 radical (unpaired) electrons. The third-order valence-corrected chi connectivity index (χ3v) is 4.05. The number of hydrogen-bond acceptors (Lipinski definition) is 3. The molecular formula is C14H18N2OS. The normalized spacial score (nSPS) is 10.8. The van der Waals surface area contributed by atoms with Crippen LogP contribution in [0, 0.1) is 0 Å². The van der Waals surface area contributed by atoms with Gasteiger partial charge in [-0.3, -0.25) is 4.79 Å². The highest BCUT2D eigenvalue weighted by atomic mass is 32.1. The van der Waals surface area contributed by atoms with Crippen LogP contribution in [0.5, 0.6) is 0 Å². The van der Waals surface area contributed by atoms with Gasteiger partial charge in [-0.05, 0) is 36.1 Å². The summed E-state index contributed by atoms with van der Waals surface area (Å²) in [7, 11) is 1.86. The molecular weight excluding hydrogens is 244 g/mol. The van der Waals surface area contributed by atoms with Crippen molar-refractivity contribution in [1.29, 1.82) is 0 Å². The van der Waals surface area contributed by atoms with Crippen LogP contribution in [0.25, 0.3) is 10.1 Å². The first-order chi connectivity index (χ1) is 8.61. The molecule has 0 aliphatic heterocycles. The van der Waals surface area contributed by atoms with Gasteiger partial charge < -0.3 is 10.6 Å². The first-order valence-electron chi connectivity index (χ1n) is 6.16. The fourth-order valence-electron chi connectivity index (χ4n) is 1.85. The molecule has 1 aromatic heterocycles. The molecule has 0 spiro atoms. The molecule has 2 rings (SSSR count). The Hall–Kier alpha value is -1.55. The smallest absolute Gasteiger partial charge is 0.263 e. The quantitative estimate of drug-likeness (QED) is 0.859. The first-order valence-corrected chi connectivity index (χ1v) is 6.98. The zero-order valence-corrected chi connectivity index (χ0v) is 11.6. The maximum atomic E-state index is 12.2. The van der Waals surface area contributed by atoms with Crippen LogP contribution in [0.3, 0.4) is 0 Å². The fraction of sp³-hybridized carbons (Fsp3) is 0.357. The lowest BCUT2D eigenvalue weighted by molar-refractivity contribution is 0.0798.